The van der Waals surface area contributed by atoms with Gasteiger partial charge in [0.1, 0.15) is 4.60 Å². The molecule has 1 aliphatic rings. The summed E-state index contributed by atoms with van der Waals surface area (Å²) in [6.07, 6.45) is 5.55. The fraction of sp³-hybridized carbons (Fsp3) is 0.583. The highest BCUT2D eigenvalue weighted by atomic mass is 79.9. The molecule has 1 atom stereocenters. The highest BCUT2D eigenvalue weighted by molar-refractivity contribution is 9.10. The van der Waals surface area contributed by atoms with Gasteiger partial charge in [-0.15, -0.1) is 0 Å². The number of hydrogen-bond acceptors (Lipinski definition) is 4. The van der Waals surface area contributed by atoms with Gasteiger partial charge >= 0.3 is 6.03 Å². The predicted molar refractivity (Wildman–Crippen MR) is 73.5 cm³/mol. The first-order chi connectivity index (χ1) is 9.19. The number of urea groups is 1. The number of carbonyl (C=O) groups excluding carboxylic acids is 1. The Morgan fingerprint density at radius 1 is 1.53 bits per heavy atom. The van der Waals surface area contributed by atoms with Crippen molar-refractivity contribution in [2.45, 2.75) is 25.4 Å². The van der Waals surface area contributed by atoms with Gasteiger partial charge in [-0.2, -0.15) is 0 Å². The van der Waals surface area contributed by atoms with Crippen LogP contribution >= 0.6 is 15.9 Å². The van der Waals surface area contributed by atoms with Gasteiger partial charge in [0.25, 0.3) is 0 Å². The molecular weight excluding hydrogens is 312 g/mol. The van der Waals surface area contributed by atoms with Crippen LogP contribution in [0.1, 0.15) is 18.5 Å². The molecule has 1 aromatic rings. The van der Waals surface area contributed by atoms with Crippen molar-refractivity contribution in [3.8, 4) is 0 Å². The van der Waals surface area contributed by atoms with Gasteiger partial charge in [0.15, 0.2) is 0 Å². The molecule has 7 heteroatoms. The van der Waals surface area contributed by atoms with E-state index in [1.54, 1.807) is 19.5 Å². The molecule has 1 fully saturated rings. The van der Waals surface area contributed by atoms with Gasteiger partial charge < -0.3 is 15.4 Å². The lowest BCUT2D eigenvalue weighted by atomic mass is 10.2. The minimum absolute atomic E-state index is 0.0981. The van der Waals surface area contributed by atoms with E-state index in [4.69, 9.17) is 4.74 Å². The minimum atomic E-state index is -0.196. The van der Waals surface area contributed by atoms with Crippen LogP contribution in [0.4, 0.5) is 4.79 Å². The number of hydrogen-bond donors (Lipinski definition) is 2. The smallest absolute Gasteiger partial charge is 0.315 e. The number of nitrogens with zero attached hydrogens (tertiary/aromatic N) is 2. The highest BCUT2D eigenvalue weighted by Crippen LogP contribution is 2.32. The monoisotopic (exact) mass is 328 g/mol. The third-order valence-electron chi connectivity index (χ3n) is 2.96. The second-order valence-electron chi connectivity index (χ2n) is 4.56. The summed E-state index contributed by atoms with van der Waals surface area (Å²) in [6.45, 7) is 0.909. The molecule has 19 heavy (non-hydrogen) atoms. The topological polar surface area (TPSA) is 76.1 Å². The third kappa shape index (κ3) is 4.76. The number of amides is 2. The van der Waals surface area contributed by atoms with Crippen LogP contribution in [0.2, 0.25) is 0 Å². The molecular formula is C12H17BrN4O2. The molecule has 0 spiro atoms. The Hall–Kier alpha value is -1.21. The number of rotatable bonds is 6. The molecule has 2 rings (SSSR count). The van der Waals surface area contributed by atoms with E-state index >= 15 is 0 Å². The number of methoxy groups -OCH3 is 1. The second-order valence-corrected chi connectivity index (χ2v) is 5.37. The van der Waals surface area contributed by atoms with Gasteiger partial charge in [-0.1, -0.05) is 0 Å². The molecule has 1 unspecified atom stereocenters. The van der Waals surface area contributed by atoms with Crippen LogP contribution in [0.15, 0.2) is 17.0 Å². The molecule has 0 aromatic carbocycles. The Labute approximate surface area is 120 Å². The predicted octanol–water partition coefficient (Wildman–Crippen LogP) is 1.46. The largest absolute Gasteiger partial charge is 0.383 e. The van der Waals surface area contributed by atoms with Crippen molar-refractivity contribution in [1.82, 2.24) is 20.6 Å². The zero-order valence-corrected chi connectivity index (χ0v) is 12.3. The minimum Gasteiger partial charge on any atom is -0.383 e. The lowest BCUT2D eigenvalue weighted by Crippen LogP contribution is -2.45. The summed E-state index contributed by atoms with van der Waals surface area (Å²) in [5.74, 6) is 0.554. The summed E-state index contributed by atoms with van der Waals surface area (Å²) >= 11 is 3.21. The van der Waals surface area contributed by atoms with Gasteiger partial charge in [0.2, 0.25) is 0 Å². The van der Waals surface area contributed by atoms with Gasteiger partial charge in [-0.25, -0.2) is 9.78 Å². The average molecular weight is 329 g/mol. The first kappa shape index (κ1) is 14.2. The molecule has 0 radical (unpaired) electrons. The fourth-order valence-electron chi connectivity index (χ4n) is 1.79. The SMILES string of the molecule is COCC(NC(=O)NCc1cnc(Br)cn1)C1CC1. The number of aromatic nitrogens is 2. The van der Waals surface area contributed by atoms with Crippen LogP contribution in [0.5, 0.6) is 0 Å². The maximum atomic E-state index is 11.8. The maximum Gasteiger partial charge on any atom is 0.315 e. The Bertz CT molecular complexity index is 422. The molecule has 1 heterocycles. The van der Waals surface area contributed by atoms with Crippen molar-refractivity contribution in [2.75, 3.05) is 13.7 Å². The van der Waals surface area contributed by atoms with Gasteiger partial charge in [-0.3, -0.25) is 4.98 Å². The van der Waals surface area contributed by atoms with E-state index in [1.165, 1.54) is 0 Å². The zero-order chi connectivity index (χ0) is 13.7. The van der Waals surface area contributed by atoms with Crippen LogP contribution in [0, 0.1) is 5.92 Å². The van der Waals surface area contributed by atoms with Crippen LogP contribution in [-0.4, -0.2) is 35.8 Å². The number of nitrogens with one attached hydrogen (secondary N) is 2. The van der Waals surface area contributed by atoms with Crippen LogP contribution < -0.4 is 10.6 Å². The van der Waals surface area contributed by atoms with Crippen molar-refractivity contribution in [1.29, 1.82) is 0 Å². The molecule has 1 aliphatic carbocycles. The third-order valence-corrected chi connectivity index (χ3v) is 3.37. The van der Waals surface area contributed by atoms with Gasteiger partial charge in [0, 0.05) is 7.11 Å². The molecule has 1 saturated carbocycles. The Balaban J connectivity index is 1.75. The number of ether oxygens (including phenoxy) is 1. The van der Waals surface area contributed by atoms with Crippen LogP contribution in [0.3, 0.4) is 0 Å². The van der Waals surface area contributed by atoms with E-state index in [9.17, 15) is 4.79 Å². The summed E-state index contributed by atoms with van der Waals surface area (Å²) in [5, 5.41) is 5.70. The maximum absolute atomic E-state index is 11.8. The molecule has 2 N–H and O–H groups in total. The highest BCUT2D eigenvalue weighted by Gasteiger charge is 2.32. The van der Waals surface area contributed by atoms with E-state index in [0.717, 1.165) is 12.8 Å². The first-order valence-corrected chi connectivity index (χ1v) is 6.98. The molecule has 0 aliphatic heterocycles. The first-order valence-electron chi connectivity index (χ1n) is 6.18. The number of halogens is 1. The summed E-state index contributed by atoms with van der Waals surface area (Å²) in [5.41, 5.74) is 0.716. The summed E-state index contributed by atoms with van der Waals surface area (Å²) < 4.78 is 5.79. The summed E-state index contributed by atoms with van der Waals surface area (Å²) in [7, 11) is 1.65. The van der Waals surface area contributed by atoms with E-state index < -0.39 is 0 Å². The van der Waals surface area contributed by atoms with E-state index in [1.807, 2.05) is 0 Å². The molecule has 0 saturated heterocycles. The summed E-state index contributed by atoms with van der Waals surface area (Å²) in [6, 6.07) is -0.0975. The Morgan fingerprint density at radius 3 is 2.89 bits per heavy atom. The second kappa shape index (κ2) is 6.81. The number of carbonyl (C=O) groups is 1. The van der Waals surface area contributed by atoms with Crippen molar-refractivity contribution >= 4 is 22.0 Å². The van der Waals surface area contributed by atoms with E-state index in [-0.39, 0.29) is 12.1 Å². The van der Waals surface area contributed by atoms with Gasteiger partial charge in [0.05, 0.1) is 37.3 Å². The Kier molecular flexibility index (Phi) is 5.09. The normalized spacial score (nSPS) is 15.9. The Morgan fingerprint density at radius 2 is 2.32 bits per heavy atom. The van der Waals surface area contributed by atoms with Crippen molar-refractivity contribution < 1.29 is 9.53 Å². The fourth-order valence-corrected chi connectivity index (χ4v) is 2.00. The standard InChI is InChI=1S/C12H17BrN4O2/c1-19-7-10(8-2-3-8)17-12(18)16-5-9-4-15-11(13)6-14-9/h4,6,8,10H,2-3,5,7H2,1H3,(H2,16,17,18). The van der Waals surface area contributed by atoms with Crippen molar-refractivity contribution in [3.63, 3.8) is 0 Å². The van der Waals surface area contributed by atoms with E-state index in [0.29, 0.717) is 29.4 Å². The molecule has 2 amide bonds. The van der Waals surface area contributed by atoms with Crippen LogP contribution in [-0.2, 0) is 11.3 Å². The van der Waals surface area contributed by atoms with Crippen molar-refractivity contribution in [3.05, 3.63) is 22.7 Å². The average Bonchev–Trinajstić information content (AvgIpc) is 3.22. The lowest BCUT2D eigenvalue weighted by Gasteiger charge is -2.17. The van der Waals surface area contributed by atoms with Crippen molar-refractivity contribution in [2.24, 2.45) is 5.92 Å². The molecule has 6 nitrogen and oxygen atoms in total. The molecule has 1 aromatic heterocycles. The molecule has 104 valence electrons. The van der Waals surface area contributed by atoms with Gasteiger partial charge in [-0.05, 0) is 34.7 Å². The quantitative estimate of drug-likeness (QED) is 0.829. The zero-order valence-electron chi connectivity index (χ0n) is 10.7. The lowest BCUT2D eigenvalue weighted by molar-refractivity contribution is 0.157. The van der Waals surface area contributed by atoms with E-state index in [2.05, 4.69) is 36.5 Å². The molecule has 0 bridgehead atoms. The summed E-state index contributed by atoms with van der Waals surface area (Å²) in [4.78, 5) is 20.0. The van der Waals surface area contributed by atoms with Crippen LogP contribution in [0.25, 0.3) is 0 Å².